The first-order valence-corrected chi connectivity index (χ1v) is 5.96. The van der Waals surface area contributed by atoms with Gasteiger partial charge in [-0.2, -0.15) is 0 Å². The highest BCUT2D eigenvalue weighted by Crippen LogP contribution is 2.23. The van der Waals surface area contributed by atoms with Crippen LogP contribution in [0, 0.1) is 10.1 Å². The fraction of sp³-hybridized carbons (Fsp3) is 0.455. The number of pyridine rings is 1. The third-order valence-corrected chi connectivity index (χ3v) is 2.90. The Morgan fingerprint density at radius 3 is 2.95 bits per heavy atom. The van der Waals surface area contributed by atoms with E-state index in [1.54, 1.807) is 7.05 Å². The Kier molecular flexibility index (Phi) is 3.79. The molecule has 2 N–H and O–H groups in total. The lowest BCUT2D eigenvalue weighted by molar-refractivity contribution is -0.384. The average molecular weight is 265 g/mol. The predicted octanol–water partition coefficient (Wildman–Crippen LogP) is 0.358. The normalized spacial score (nSPS) is 15.6. The molecule has 8 nitrogen and oxygen atoms in total. The van der Waals surface area contributed by atoms with Gasteiger partial charge in [0.2, 0.25) is 5.91 Å². The van der Waals surface area contributed by atoms with Crippen LogP contribution >= 0.6 is 0 Å². The van der Waals surface area contributed by atoms with E-state index >= 15 is 0 Å². The van der Waals surface area contributed by atoms with Crippen molar-refractivity contribution in [3.8, 4) is 0 Å². The minimum absolute atomic E-state index is 0.0122. The number of rotatable bonds is 3. The zero-order valence-electron chi connectivity index (χ0n) is 10.5. The zero-order valence-corrected chi connectivity index (χ0v) is 10.5. The highest BCUT2D eigenvalue weighted by Gasteiger charge is 2.18. The van der Waals surface area contributed by atoms with E-state index in [2.05, 4.69) is 15.6 Å². The monoisotopic (exact) mass is 265 g/mol. The summed E-state index contributed by atoms with van der Waals surface area (Å²) in [5, 5.41) is 16.4. The summed E-state index contributed by atoms with van der Waals surface area (Å²) in [6.45, 7) is 1.60. The standard InChI is InChI=1S/C11H15N5O3/c1-12-9-6-8(16(18)19)7-10(14-9)15-4-2-11(17)13-3-5-15/h6-7H,2-5H2,1H3,(H,12,14)(H,13,17). The smallest absolute Gasteiger partial charge is 0.276 e. The van der Waals surface area contributed by atoms with E-state index in [1.165, 1.54) is 12.1 Å². The van der Waals surface area contributed by atoms with Gasteiger partial charge in [0.25, 0.3) is 5.69 Å². The van der Waals surface area contributed by atoms with Crippen LogP contribution in [-0.2, 0) is 4.79 Å². The summed E-state index contributed by atoms with van der Waals surface area (Å²) in [6, 6.07) is 2.81. The minimum atomic E-state index is -0.451. The molecule has 2 heterocycles. The molecule has 1 aromatic rings. The van der Waals surface area contributed by atoms with Crippen LogP contribution in [-0.4, -0.2) is 42.5 Å². The van der Waals surface area contributed by atoms with Gasteiger partial charge < -0.3 is 15.5 Å². The van der Waals surface area contributed by atoms with E-state index in [0.717, 1.165) is 0 Å². The SMILES string of the molecule is CNc1cc([N+](=O)[O-])cc(N2CCNC(=O)CC2)n1. The lowest BCUT2D eigenvalue weighted by Crippen LogP contribution is -2.29. The number of hydrogen-bond acceptors (Lipinski definition) is 6. The van der Waals surface area contributed by atoms with Crippen LogP contribution < -0.4 is 15.5 Å². The summed E-state index contributed by atoms with van der Waals surface area (Å²) >= 11 is 0. The fourth-order valence-electron chi connectivity index (χ4n) is 1.89. The Morgan fingerprint density at radius 1 is 1.47 bits per heavy atom. The molecule has 0 aromatic carbocycles. The van der Waals surface area contributed by atoms with Crippen molar-refractivity contribution in [3.63, 3.8) is 0 Å². The molecule has 0 aliphatic carbocycles. The van der Waals surface area contributed by atoms with Crippen molar-refractivity contribution in [1.82, 2.24) is 10.3 Å². The van der Waals surface area contributed by atoms with E-state index in [9.17, 15) is 14.9 Å². The van der Waals surface area contributed by atoms with Gasteiger partial charge in [0.15, 0.2) is 0 Å². The Balaban J connectivity index is 2.29. The van der Waals surface area contributed by atoms with E-state index in [1.807, 2.05) is 4.90 Å². The molecule has 0 saturated carbocycles. The third-order valence-electron chi connectivity index (χ3n) is 2.90. The maximum absolute atomic E-state index is 11.3. The molecule has 1 saturated heterocycles. The first-order chi connectivity index (χ1) is 9.10. The molecule has 8 heteroatoms. The first kappa shape index (κ1) is 13.1. The van der Waals surface area contributed by atoms with Gasteiger partial charge in [0.05, 0.1) is 17.1 Å². The van der Waals surface area contributed by atoms with E-state index in [-0.39, 0.29) is 11.6 Å². The maximum Gasteiger partial charge on any atom is 0.276 e. The number of nitro groups is 1. The van der Waals surface area contributed by atoms with Gasteiger partial charge in [0, 0.05) is 33.1 Å². The number of anilines is 2. The molecule has 1 aromatic heterocycles. The van der Waals surface area contributed by atoms with E-state index in [0.29, 0.717) is 37.7 Å². The van der Waals surface area contributed by atoms with Crippen molar-refractivity contribution in [2.24, 2.45) is 0 Å². The van der Waals surface area contributed by atoms with E-state index in [4.69, 9.17) is 0 Å². The van der Waals surface area contributed by atoms with Gasteiger partial charge >= 0.3 is 0 Å². The molecule has 1 amide bonds. The highest BCUT2D eigenvalue weighted by atomic mass is 16.6. The highest BCUT2D eigenvalue weighted by molar-refractivity contribution is 5.77. The van der Waals surface area contributed by atoms with Crippen LogP contribution in [0.15, 0.2) is 12.1 Å². The van der Waals surface area contributed by atoms with Crippen LogP contribution in [0.1, 0.15) is 6.42 Å². The van der Waals surface area contributed by atoms with Crippen molar-refractivity contribution < 1.29 is 9.72 Å². The molecule has 1 aliphatic rings. The van der Waals surface area contributed by atoms with Gasteiger partial charge in [-0.25, -0.2) is 4.98 Å². The molecule has 0 spiro atoms. The number of carbonyl (C=O) groups is 1. The second kappa shape index (κ2) is 5.51. The van der Waals surface area contributed by atoms with Gasteiger partial charge in [-0.15, -0.1) is 0 Å². The minimum Gasteiger partial charge on any atom is -0.373 e. The Bertz CT molecular complexity index is 505. The van der Waals surface area contributed by atoms with Gasteiger partial charge in [-0.3, -0.25) is 14.9 Å². The molecular formula is C11H15N5O3. The van der Waals surface area contributed by atoms with Crippen molar-refractivity contribution >= 4 is 23.2 Å². The summed E-state index contributed by atoms with van der Waals surface area (Å²) in [6.07, 6.45) is 0.360. The number of aromatic nitrogens is 1. The maximum atomic E-state index is 11.3. The van der Waals surface area contributed by atoms with Gasteiger partial charge in [-0.05, 0) is 0 Å². The average Bonchev–Trinajstić information content (AvgIpc) is 2.63. The molecule has 1 fully saturated rings. The zero-order chi connectivity index (χ0) is 13.8. The number of nitrogens with one attached hydrogen (secondary N) is 2. The molecule has 0 unspecified atom stereocenters. The summed E-state index contributed by atoms with van der Waals surface area (Å²) in [5.74, 6) is 0.935. The topological polar surface area (TPSA) is 100 Å². The predicted molar refractivity (Wildman–Crippen MR) is 70.3 cm³/mol. The lowest BCUT2D eigenvalue weighted by atomic mass is 10.3. The summed E-state index contributed by atoms with van der Waals surface area (Å²) in [4.78, 5) is 27.9. The molecule has 19 heavy (non-hydrogen) atoms. The van der Waals surface area contributed by atoms with Gasteiger partial charge in [0.1, 0.15) is 11.6 Å². The van der Waals surface area contributed by atoms with Crippen molar-refractivity contribution in [2.45, 2.75) is 6.42 Å². The molecule has 2 rings (SSSR count). The summed E-state index contributed by atoms with van der Waals surface area (Å²) in [7, 11) is 1.66. The first-order valence-electron chi connectivity index (χ1n) is 5.96. The lowest BCUT2D eigenvalue weighted by Gasteiger charge is -2.20. The number of carbonyl (C=O) groups excluding carboxylic acids is 1. The Labute approximate surface area is 110 Å². The van der Waals surface area contributed by atoms with Crippen molar-refractivity contribution in [3.05, 3.63) is 22.2 Å². The van der Waals surface area contributed by atoms with Crippen molar-refractivity contribution in [2.75, 3.05) is 36.9 Å². The number of nitrogens with zero attached hydrogens (tertiary/aromatic N) is 3. The van der Waals surface area contributed by atoms with Crippen LogP contribution in [0.5, 0.6) is 0 Å². The number of amides is 1. The largest absolute Gasteiger partial charge is 0.373 e. The van der Waals surface area contributed by atoms with E-state index < -0.39 is 4.92 Å². The molecule has 1 aliphatic heterocycles. The van der Waals surface area contributed by atoms with Crippen LogP contribution in [0.3, 0.4) is 0 Å². The number of hydrogen-bond donors (Lipinski definition) is 2. The Morgan fingerprint density at radius 2 is 2.26 bits per heavy atom. The Hall–Kier alpha value is -2.38. The second-order valence-electron chi connectivity index (χ2n) is 4.16. The summed E-state index contributed by atoms with van der Waals surface area (Å²) in [5.41, 5.74) is -0.0158. The summed E-state index contributed by atoms with van der Waals surface area (Å²) < 4.78 is 0. The fourth-order valence-corrected chi connectivity index (χ4v) is 1.89. The quantitative estimate of drug-likeness (QED) is 0.604. The van der Waals surface area contributed by atoms with Gasteiger partial charge in [-0.1, -0.05) is 0 Å². The molecule has 0 atom stereocenters. The van der Waals surface area contributed by atoms with Crippen LogP contribution in [0.4, 0.5) is 17.3 Å². The third kappa shape index (κ3) is 3.09. The van der Waals surface area contributed by atoms with Crippen molar-refractivity contribution in [1.29, 1.82) is 0 Å². The molecular weight excluding hydrogens is 250 g/mol. The molecule has 0 bridgehead atoms. The molecule has 102 valence electrons. The second-order valence-corrected chi connectivity index (χ2v) is 4.16. The van der Waals surface area contributed by atoms with Crippen LogP contribution in [0.2, 0.25) is 0 Å². The van der Waals surface area contributed by atoms with Crippen LogP contribution in [0.25, 0.3) is 0 Å². The molecule has 0 radical (unpaired) electrons.